The van der Waals surface area contributed by atoms with Crippen LogP contribution in [0.2, 0.25) is 0 Å². The third kappa shape index (κ3) is 5.35. The van der Waals surface area contributed by atoms with Crippen molar-refractivity contribution < 1.29 is 24.1 Å². The molecule has 4 aromatic carbocycles. The summed E-state index contributed by atoms with van der Waals surface area (Å²) in [7, 11) is 0. The van der Waals surface area contributed by atoms with E-state index in [1.807, 2.05) is 24.5 Å². The second kappa shape index (κ2) is 12.5. The smallest absolute Gasteiger partial charge is 0.0582 e. The Balaban J connectivity index is 1.16. The van der Waals surface area contributed by atoms with E-state index >= 15 is 0 Å². The molecule has 0 bridgehead atoms. The maximum atomic E-state index is 6.59. The number of nitrogens with zero attached hydrogens (tertiary/aromatic N) is 5. The van der Waals surface area contributed by atoms with Gasteiger partial charge in [0.15, 0.2) is 0 Å². The second-order valence-electron chi connectivity index (χ2n) is 18.0. The molecule has 56 heavy (non-hydrogen) atoms. The van der Waals surface area contributed by atoms with Gasteiger partial charge in [0, 0.05) is 6.20 Å². The van der Waals surface area contributed by atoms with Gasteiger partial charge in [0.25, 0.3) is 0 Å². The summed E-state index contributed by atoms with van der Waals surface area (Å²) in [5.41, 5.74) is 11.4. The number of rotatable bonds is 5. The molecule has 6 nitrogen and oxygen atoms in total. The average molecular weight is 917 g/mol. The fourth-order valence-corrected chi connectivity index (χ4v) is 9.86. The molecule has 1 aliphatic carbocycles. The van der Waals surface area contributed by atoms with Crippen molar-refractivity contribution in [1.82, 2.24) is 23.7 Å². The molecule has 0 atom stereocenters. The van der Waals surface area contributed by atoms with E-state index in [0.29, 0.717) is 11.5 Å². The molecule has 9 rings (SSSR count). The van der Waals surface area contributed by atoms with Crippen LogP contribution in [0, 0.1) is 28.3 Å². The standard InChI is InChI=1S/C49H47N5O.Pt/c1-31-21-22-51-45(23-31)54-43-25-35(19-20-37(43)38-26-39-40(27-44(38)54)48(7,8)49(9,10)47(39,5)6)55-36-24-34(28-50-29-36)53-30-52(41-13-11-12-14-42(41)53)33-17-15-32(16-18-33)46(2,3)4;/h11-23,26-29H,1-10H3;/q-2;. The van der Waals surface area contributed by atoms with E-state index in [-0.39, 0.29) is 21.7 Å². The molecule has 7 heteroatoms. The molecule has 8 aromatic rings. The summed E-state index contributed by atoms with van der Waals surface area (Å²) >= 11 is 2.41. The molecule has 0 aliphatic heterocycles. The number of hydrogen-bond donors (Lipinski definition) is 0. The molecular formula is C49H47N5OPt-2. The zero-order valence-electron chi connectivity index (χ0n) is 33.8. The van der Waals surface area contributed by atoms with Crippen LogP contribution in [0.25, 0.3) is 50.0 Å². The number of ether oxygens (including phenoxy) is 1. The molecule has 0 N–H and O–H groups in total. The summed E-state index contributed by atoms with van der Waals surface area (Å²) in [6.07, 6.45) is 5.44. The normalized spacial score (nSPS) is 15.9. The van der Waals surface area contributed by atoms with Gasteiger partial charge in [-0.25, -0.2) is 0 Å². The van der Waals surface area contributed by atoms with Gasteiger partial charge in [0.05, 0.1) is 0 Å². The number of benzene rings is 4. The maximum absolute atomic E-state index is 6.59. The van der Waals surface area contributed by atoms with E-state index < -0.39 is 0 Å². The summed E-state index contributed by atoms with van der Waals surface area (Å²) in [6, 6.07) is 37.7. The monoisotopic (exact) mass is 916 g/mol. The van der Waals surface area contributed by atoms with Crippen molar-refractivity contribution in [3.63, 3.8) is 0 Å². The van der Waals surface area contributed by atoms with Crippen molar-refractivity contribution >= 4 is 32.8 Å². The van der Waals surface area contributed by atoms with Gasteiger partial charge >= 0.3 is 248 Å². The minimum Gasteiger partial charge on any atom is -0.0582 e. The van der Waals surface area contributed by atoms with E-state index in [9.17, 15) is 0 Å². The molecule has 286 valence electrons. The number of fused-ring (bicyclic) bond motifs is 5. The van der Waals surface area contributed by atoms with E-state index in [1.165, 1.54) is 22.1 Å². The molecule has 0 spiro atoms. The van der Waals surface area contributed by atoms with Gasteiger partial charge in [-0.2, -0.15) is 0 Å². The molecular weight excluding hydrogens is 870 g/mol. The van der Waals surface area contributed by atoms with Crippen LogP contribution < -0.4 is 4.74 Å². The minimum absolute atomic E-state index is 0.0182. The Kier molecular flexibility index (Phi) is 8.14. The predicted octanol–water partition coefficient (Wildman–Crippen LogP) is 12.0. The predicted molar refractivity (Wildman–Crippen MR) is 223 cm³/mol. The summed E-state index contributed by atoms with van der Waals surface area (Å²) in [5.74, 6) is 1.95. The van der Waals surface area contributed by atoms with Crippen LogP contribution >= 0.6 is 0 Å². The SMILES string of the molecule is Cc1ccnc(-n2c3[c-]c(Oc4[c-]c(-n5[c](=[Pt])n(-c6ccc(C(C)(C)C)cc6)c6ccccc65)cnc4)ccc3c3cc4c(cc32)C(C)(C)C(C)(C)C4(C)C)c1. The van der Waals surface area contributed by atoms with E-state index in [1.54, 1.807) is 6.20 Å². The summed E-state index contributed by atoms with van der Waals surface area (Å²) < 4.78 is 14.3. The van der Waals surface area contributed by atoms with Crippen molar-refractivity contribution in [1.29, 1.82) is 0 Å². The Morgan fingerprint density at radius 1 is 0.679 bits per heavy atom. The Labute approximate surface area is 340 Å². The summed E-state index contributed by atoms with van der Waals surface area (Å²) in [6.45, 7) is 23.2. The number of aromatic nitrogens is 5. The van der Waals surface area contributed by atoms with Crippen LogP contribution in [-0.4, -0.2) is 23.7 Å². The van der Waals surface area contributed by atoms with Crippen LogP contribution in [0.3, 0.4) is 0 Å². The van der Waals surface area contributed by atoms with Gasteiger partial charge in [0.1, 0.15) is 0 Å². The first-order valence-electron chi connectivity index (χ1n) is 19.3. The third-order valence-corrected chi connectivity index (χ3v) is 14.2. The molecule has 4 aromatic heterocycles. The van der Waals surface area contributed by atoms with E-state index in [0.717, 1.165) is 54.0 Å². The van der Waals surface area contributed by atoms with Crippen molar-refractivity contribution in [3.05, 3.63) is 142 Å². The van der Waals surface area contributed by atoms with Gasteiger partial charge in [-0.1, -0.05) is 41.5 Å². The fourth-order valence-electron chi connectivity index (χ4n) is 8.74. The number of para-hydroxylation sites is 2. The van der Waals surface area contributed by atoms with Gasteiger partial charge in [-0.15, -0.1) is 0 Å². The summed E-state index contributed by atoms with van der Waals surface area (Å²) in [4.78, 5) is 9.53. The first-order chi connectivity index (χ1) is 26.5. The molecule has 0 unspecified atom stereocenters. The molecule has 4 heterocycles. The summed E-state index contributed by atoms with van der Waals surface area (Å²) in [5, 5.41) is 2.30. The van der Waals surface area contributed by atoms with Gasteiger partial charge in [-0.05, 0) is 45.9 Å². The number of hydrogen-bond acceptors (Lipinski definition) is 3. The first kappa shape index (κ1) is 36.6. The molecule has 0 saturated heterocycles. The van der Waals surface area contributed by atoms with Crippen molar-refractivity contribution in [2.24, 2.45) is 5.41 Å². The van der Waals surface area contributed by atoms with Gasteiger partial charge in [-0.3, -0.25) is 0 Å². The molecule has 0 saturated carbocycles. The van der Waals surface area contributed by atoms with Crippen LogP contribution in [0.1, 0.15) is 84.6 Å². The van der Waals surface area contributed by atoms with Crippen LogP contribution in [-0.2, 0) is 35.6 Å². The topological polar surface area (TPSA) is 49.8 Å². The van der Waals surface area contributed by atoms with E-state index in [4.69, 9.17) is 9.72 Å². The molecule has 0 radical (unpaired) electrons. The van der Waals surface area contributed by atoms with Crippen molar-refractivity contribution in [2.75, 3.05) is 0 Å². The number of aryl methyl sites for hydroxylation is 1. The van der Waals surface area contributed by atoms with Crippen LogP contribution in [0.5, 0.6) is 11.5 Å². The molecule has 0 amide bonds. The number of imidazole rings is 1. The Morgan fingerprint density at radius 2 is 1.36 bits per heavy atom. The molecule has 0 fully saturated rings. The third-order valence-electron chi connectivity index (χ3n) is 13.2. The number of pyridine rings is 2. The Hall–Kier alpha value is -5.06. The first-order valence-corrected chi connectivity index (χ1v) is 20.5. The van der Waals surface area contributed by atoms with E-state index in [2.05, 4.69) is 192 Å². The van der Waals surface area contributed by atoms with Gasteiger partial charge in [0.2, 0.25) is 0 Å². The zero-order chi connectivity index (χ0) is 39.5. The van der Waals surface area contributed by atoms with Gasteiger partial charge < -0.3 is 0 Å². The Morgan fingerprint density at radius 3 is 2.04 bits per heavy atom. The molecule has 1 aliphatic rings. The quantitative estimate of drug-likeness (QED) is 0.162. The second-order valence-corrected chi connectivity index (χ2v) is 19.0. The van der Waals surface area contributed by atoms with Crippen LogP contribution in [0.4, 0.5) is 0 Å². The van der Waals surface area contributed by atoms with Crippen molar-refractivity contribution in [2.45, 2.75) is 85.5 Å². The Bertz CT molecular complexity index is 2930. The minimum atomic E-state index is -0.0355. The zero-order valence-corrected chi connectivity index (χ0v) is 36.0. The van der Waals surface area contributed by atoms with Crippen molar-refractivity contribution in [3.8, 4) is 28.7 Å². The van der Waals surface area contributed by atoms with Crippen LogP contribution in [0.15, 0.2) is 104 Å². The fraction of sp³-hybridized carbons (Fsp3) is 0.286. The average Bonchev–Trinajstić information content (AvgIpc) is 3.67.